The molecule has 1 N–H and O–H groups in total. The molecule has 158 valence electrons. The minimum atomic E-state index is -0.867. The minimum absolute atomic E-state index is 0.0247. The van der Waals surface area contributed by atoms with Gasteiger partial charge < -0.3 is 10.0 Å². The molecule has 0 atom stereocenters. The molecule has 0 saturated carbocycles. The highest BCUT2D eigenvalue weighted by Crippen LogP contribution is 2.24. The molecule has 0 unspecified atom stereocenters. The van der Waals surface area contributed by atoms with Gasteiger partial charge in [0.15, 0.2) is 0 Å². The third-order valence-corrected chi connectivity index (χ3v) is 5.85. The van der Waals surface area contributed by atoms with Crippen molar-refractivity contribution in [2.45, 2.75) is 32.7 Å². The Kier molecular flexibility index (Phi) is 4.69. The van der Waals surface area contributed by atoms with Gasteiger partial charge >= 0.3 is 5.97 Å². The van der Waals surface area contributed by atoms with Crippen LogP contribution in [-0.2, 0) is 17.8 Å². The van der Waals surface area contributed by atoms with Crippen molar-refractivity contribution in [3.05, 3.63) is 69.5 Å². The molecule has 0 aliphatic carbocycles. The molecule has 5 rings (SSSR count). The lowest BCUT2D eigenvalue weighted by molar-refractivity contribution is -0.136. The van der Waals surface area contributed by atoms with E-state index in [1.54, 1.807) is 16.7 Å². The maximum absolute atomic E-state index is 13.4. The Morgan fingerprint density at radius 3 is 2.45 bits per heavy atom. The number of aromatic nitrogens is 4. The summed E-state index contributed by atoms with van der Waals surface area (Å²) >= 11 is 0. The Hall–Kier alpha value is -3.68. The summed E-state index contributed by atoms with van der Waals surface area (Å²) in [6, 6.07) is 13.2. The zero-order valence-corrected chi connectivity index (χ0v) is 17.3. The quantitative estimate of drug-likeness (QED) is 0.537. The van der Waals surface area contributed by atoms with Crippen LogP contribution in [0.15, 0.2) is 47.3 Å². The van der Waals surface area contributed by atoms with Crippen LogP contribution in [0.4, 0.5) is 5.95 Å². The van der Waals surface area contributed by atoms with Gasteiger partial charge in [-0.3, -0.25) is 14.2 Å². The van der Waals surface area contributed by atoms with Crippen molar-refractivity contribution < 1.29 is 9.90 Å². The number of aryl methyl sites for hydroxylation is 1. The number of fused-ring (bicyclic) bond motifs is 3. The molecule has 2 aromatic carbocycles. The van der Waals surface area contributed by atoms with E-state index in [9.17, 15) is 9.59 Å². The van der Waals surface area contributed by atoms with Gasteiger partial charge in [-0.2, -0.15) is 0 Å². The molecule has 1 saturated heterocycles. The number of hydrogen-bond acceptors (Lipinski definition) is 5. The van der Waals surface area contributed by atoms with E-state index in [4.69, 9.17) is 5.11 Å². The van der Waals surface area contributed by atoms with E-state index >= 15 is 0 Å². The van der Waals surface area contributed by atoms with Crippen LogP contribution in [0.1, 0.15) is 29.5 Å². The maximum Gasteiger partial charge on any atom is 0.307 e. The van der Waals surface area contributed by atoms with Crippen LogP contribution < -0.4 is 10.5 Å². The van der Waals surface area contributed by atoms with Crippen molar-refractivity contribution in [2.75, 3.05) is 18.0 Å². The Balaban J connectivity index is 1.67. The third-order valence-electron chi connectivity index (χ3n) is 5.85. The van der Waals surface area contributed by atoms with Crippen molar-refractivity contribution in [1.82, 2.24) is 19.2 Å². The molecule has 8 heteroatoms. The Morgan fingerprint density at radius 2 is 1.74 bits per heavy atom. The molecule has 1 aliphatic rings. The summed E-state index contributed by atoms with van der Waals surface area (Å²) in [7, 11) is 0. The Labute approximate surface area is 178 Å². The summed E-state index contributed by atoms with van der Waals surface area (Å²) in [6.45, 7) is 4.16. The maximum atomic E-state index is 13.4. The number of aliphatic carboxylic acids is 1. The lowest BCUT2D eigenvalue weighted by Crippen LogP contribution is -2.26. The second-order valence-corrected chi connectivity index (χ2v) is 8.13. The number of hydrogen-bond donors (Lipinski definition) is 1. The number of carboxylic acid groups (broad SMARTS) is 1. The molecule has 3 heterocycles. The van der Waals surface area contributed by atoms with Gasteiger partial charge in [0.2, 0.25) is 11.7 Å². The van der Waals surface area contributed by atoms with Crippen LogP contribution in [0.2, 0.25) is 0 Å². The van der Waals surface area contributed by atoms with Gasteiger partial charge in [-0.25, -0.2) is 4.40 Å². The van der Waals surface area contributed by atoms with E-state index in [-0.39, 0.29) is 12.0 Å². The van der Waals surface area contributed by atoms with E-state index < -0.39 is 5.97 Å². The molecular weight excluding hydrogens is 394 g/mol. The highest BCUT2D eigenvalue weighted by molar-refractivity contribution is 5.82. The summed E-state index contributed by atoms with van der Waals surface area (Å²) in [4.78, 5) is 26.6. The first-order chi connectivity index (χ1) is 15.0. The van der Waals surface area contributed by atoms with Gasteiger partial charge in [0, 0.05) is 13.1 Å². The second kappa shape index (κ2) is 7.54. The number of carbonyl (C=O) groups is 1. The molecule has 8 nitrogen and oxygen atoms in total. The lowest BCUT2D eigenvalue weighted by Gasteiger charge is -2.17. The Morgan fingerprint density at radius 1 is 1.03 bits per heavy atom. The van der Waals surface area contributed by atoms with E-state index in [2.05, 4.69) is 15.1 Å². The first kappa shape index (κ1) is 19.3. The van der Waals surface area contributed by atoms with Crippen molar-refractivity contribution in [3.8, 4) is 0 Å². The van der Waals surface area contributed by atoms with Gasteiger partial charge in [-0.15, -0.1) is 10.2 Å². The summed E-state index contributed by atoms with van der Waals surface area (Å²) < 4.78 is 3.64. The van der Waals surface area contributed by atoms with Gasteiger partial charge in [0.05, 0.1) is 23.9 Å². The third kappa shape index (κ3) is 3.43. The smallest absolute Gasteiger partial charge is 0.307 e. The molecule has 0 bridgehead atoms. The van der Waals surface area contributed by atoms with Crippen LogP contribution >= 0.6 is 0 Å². The van der Waals surface area contributed by atoms with Crippen LogP contribution in [0.3, 0.4) is 0 Å². The fourth-order valence-electron chi connectivity index (χ4n) is 4.29. The van der Waals surface area contributed by atoms with Gasteiger partial charge in [0.25, 0.3) is 5.56 Å². The first-order valence-electron chi connectivity index (χ1n) is 10.4. The molecule has 1 fully saturated rings. The molecule has 31 heavy (non-hydrogen) atoms. The number of carboxylic acids is 1. The van der Waals surface area contributed by atoms with E-state index in [0.717, 1.165) is 54.1 Å². The molecule has 1 aliphatic heterocycles. The number of rotatable bonds is 5. The monoisotopic (exact) mass is 417 g/mol. The number of benzene rings is 2. The topological polar surface area (TPSA) is 92.7 Å². The predicted molar refractivity (Wildman–Crippen MR) is 118 cm³/mol. The summed E-state index contributed by atoms with van der Waals surface area (Å²) in [5, 5.41) is 18.5. The van der Waals surface area contributed by atoms with E-state index in [1.165, 1.54) is 0 Å². The van der Waals surface area contributed by atoms with Crippen LogP contribution in [0.5, 0.6) is 0 Å². The lowest BCUT2D eigenvalue weighted by atomic mass is 10.1. The molecule has 0 radical (unpaired) electrons. The minimum Gasteiger partial charge on any atom is -0.481 e. The zero-order valence-electron chi connectivity index (χ0n) is 17.3. The van der Waals surface area contributed by atoms with Gasteiger partial charge in [-0.1, -0.05) is 35.9 Å². The highest BCUT2D eigenvalue weighted by Gasteiger charge is 2.22. The van der Waals surface area contributed by atoms with Crippen molar-refractivity contribution in [3.63, 3.8) is 0 Å². The van der Waals surface area contributed by atoms with Gasteiger partial charge in [-0.05, 0) is 43.0 Å². The molecule has 0 spiro atoms. The fraction of sp³-hybridized carbons (Fsp3) is 0.304. The average molecular weight is 417 g/mol. The van der Waals surface area contributed by atoms with Crippen LogP contribution in [-0.4, -0.2) is 43.3 Å². The SMILES string of the molecule is Cc1ccc2c(c1)c(=O)n(Cc1ccc(CC(=O)O)cc1)c1nnc(N3CCCC3)n21. The van der Waals surface area contributed by atoms with Crippen LogP contribution in [0.25, 0.3) is 16.7 Å². The average Bonchev–Trinajstić information content (AvgIpc) is 3.42. The van der Waals surface area contributed by atoms with E-state index in [1.807, 2.05) is 41.7 Å². The first-order valence-corrected chi connectivity index (χ1v) is 10.4. The summed E-state index contributed by atoms with van der Waals surface area (Å²) in [5.74, 6) is 0.415. The van der Waals surface area contributed by atoms with Crippen molar-refractivity contribution in [2.24, 2.45) is 0 Å². The van der Waals surface area contributed by atoms with E-state index in [0.29, 0.717) is 17.7 Å². The predicted octanol–water partition coefficient (Wildman–Crippen LogP) is 2.63. The number of nitrogens with zero attached hydrogens (tertiary/aromatic N) is 5. The highest BCUT2D eigenvalue weighted by atomic mass is 16.4. The zero-order chi connectivity index (χ0) is 21.5. The molecule has 0 amide bonds. The fourth-order valence-corrected chi connectivity index (χ4v) is 4.29. The summed E-state index contributed by atoms with van der Waals surface area (Å²) in [6.07, 6.45) is 2.21. The molecule has 4 aromatic rings. The second-order valence-electron chi connectivity index (χ2n) is 8.13. The normalized spacial score (nSPS) is 14.0. The Bertz CT molecular complexity index is 1350. The standard InChI is InChI=1S/C23H23N5O3/c1-15-4-9-19-18(12-15)21(31)27(14-17-7-5-16(6-8-17)13-20(29)30)23-25-24-22(28(19)23)26-10-2-3-11-26/h4-9,12H,2-3,10-11,13-14H2,1H3,(H,29,30). The van der Waals surface area contributed by atoms with Crippen molar-refractivity contribution in [1.29, 1.82) is 0 Å². The largest absolute Gasteiger partial charge is 0.481 e. The molecular formula is C23H23N5O3. The number of anilines is 1. The van der Waals surface area contributed by atoms with Crippen LogP contribution in [0, 0.1) is 6.92 Å². The summed E-state index contributed by atoms with van der Waals surface area (Å²) in [5.41, 5.74) is 3.34. The molecule has 2 aromatic heterocycles. The van der Waals surface area contributed by atoms with Crippen molar-refractivity contribution >= 4 is 28.6 Å². The van der Waals surface area contributed by atoms with Gasteiger partial charge in [0.1, 0.15) is 0 Å².